The topological polar surface area (TPSA) is 17.9 Å². The van der Waals surface area contributed by atoms with E-state index in [1.165, 1.54) is 50.1 Å². The zero-order chi connectivity index (χ0) is 107. The van der Waals surface area contributed by atoms with Gasteiger partial charge >= 0.3 is 0 Å². The number of aromatic nitrogens is 1. The van der Waals surface area contributed by atoms with E-state index in [-0.39, 0.29) is 27.2 Å². The largest absolute Gasteiger partial charge is 0.311 e. The quantitative estimate of drug-likeness (QED) is 0.127. The average Bonchev–Trinajstić information content (AvgIpc) is 1.59. The number of fused-ring (bicyclic) bond motifs is 27. The fourth-order valence-electron chi connectivity index (χ4n) is 26.7. The Hall–Kier alpha value is -17.3. The molecule has 0 N–H and O–H groups in total. The molecule has 0 atom stereocenters. The zero-order valence-corrected chi connectivity index (χ0v) is 85.2. The van der Waals surface area contributed by atoms with Crippen molar-refractivity contribution in [2.45, 2.75) is 103 Å². The van der Waals surface area contributed by atoms with Crippen molar-refractivity contribution in [1.29, 1.82) is 0 Å². The van der Waals surface area contributed by atoms with Gasteiger partial charge in [-0.1, -0.05) is 452 Å². The molecule has 0 amide bonds. The second kappa shape index (κ2) is 32.6. The zero-order valence-electron chi connectivity index (χ0n) is 93.2. The van der Waals surface area contributed by atoms with Crippen molar-refractivity contribution in [1.82, 2.24) is 4.57 Å². The third-order valence-electron chi connectivity index (χ3n) is 33.3. The summed E-state index contributed by atoms with van der Waals surface area (Å²) in [5.41, 5.74) is 44.3. The molecule has 6 bridgehead atoms. The Kier molecular flexibility index (Phi) is 17.5. The van der Waals surface area contributed by atoms with Crippen molar-refractivity contribution in [2.24, 2.45) is 0 Å². The molecule has 0 unspecified atom stereocenters. The van der Waals surface area contributed by atoms with Crippen LogP contribution in [0.15, 0.2) is 461 Å². The molecule has 0 saturated heterocycles. The third-order valence-corrected chi connectivity index (χ3v) is 33.3. The van der Waals surface area contributed by atoms with Gasteiger partial charge in [-0.2, -0.15) is 0 Å². The third kappa shape index (κ3) is 12.9. The summed E-state index contributed by atoms with van der Waals surface area (Å²) < 4.78 is 82.3. The summed E-state index contributed by atoms with van der Waals surface area (Å²) >= 11 is 0. The smallest absolute Gasteiger partial charge is 0.252 e. The number of anilines is 12. The van der Waals surface area contributed by atoms with E-state index in [0.717, 1.165) is 201 Å². The van der Waals surface area contributed by atoms with Gasteiger partial charge < -0.3 is 24.2 Å². The van der Waals surface area contributed by atoms with E-state index in [2.05, 4.69) is 508 Å². The van der Waals surface area contributed by atoms with Crippen molar-refractivity contribution >= 4 is 136 Å². The molecular weight excluding hydrogens is 1800 g/mol. The highest BCUT2D eigenvalue weighted by atomic mass is 15.2. The van der Waals surface area contributed by atoms with Gasteiger partial charge in [0.15, 0.2) is 0 Å². The van der Waals surface area contributed by atoms with Gasteiger partial charge in [-0.05, 0) is 251 Å². The predicted molar refractivity (Wildman–Crippen MR) is 631 cm³/mol. The van der Waals surface area contributed by atoms with Crippen LogP contribution in [0.25, 0.3) is 128 Å². The van der Waals surface area contributed by atoms with Crippen molar-refractivity contribution in [3.63, 3.8) is 0 Å². The lowest BCUT2D eigenvalue weighted by Crippen LogP contribution is -2.65. The van der Waals surface area contributed by atoms with E-state index in [0.29, 0.717) is 5.69 Å². The highest BCUT2D eigenvalue weighted by molar-refractivity contribution is 7.03. The van der Waals surface area contributed by atoms with E-state index in [1.54, 1.807) is 4.57 Å². The highest BCUT2D eigenvalue weighted by Crippen LogP contribution is 2.67. The maximum absolute atomic E-state index is 10.6. The van der Waals surface area contributed by atoms with Gasteiger partial charge in [0.05, 0.1) is 50.2 Å². The van der Waals surface area contributed by atoms with Crippen molar-refractivity contribution in [2.75, 3.05) is 19.6 Å². The number of benzene rings is 21. The van der Waals surface area contributed by atoms with E-state index in [1.807, 2.05) is 0 Å². The second-order valence-electron chi connectivity index (χ2n) is 45.1. The minimum absolute atomic E-state index is 0.0122. The first-order valence-electron chi connectivity index (χ1n) is 56.4. The van der Waals surface area contributed by atoms with Gasteiger partial charge in [-0.3, -0.25) is 0 Å². The van der Waals surface area contributed by atoms with Gasteiger partial charge in [0, 0.05) is 101 Å². The summed E-state index contributed by atoms with van der Waals surface area (Å²) in [7, 11) is 0. The summed E-state index contributed by atoms with van der Waals surface area (Å²) in [6, 6.07) is 152. The Morgan fingerprint density at radius 1 is 0.248 bits per heavy atom. The molecule has 708 valence electrons. The number of nitrogens with zero attached hydrogens (tertiary/aromatic N) is 5. The lowest BCUT2D eigenvalue weighted by Gasteiger charge is -2.49. The summed E-state index contributed by atoms with van der Waals surface area (Å²) in [4.78, 5) is 10.5. The molecule has 5 aliphatic heterocycles. The molecule has 1 aromatic heterocycles. The van der Waals surface area contributed by atoms with Crippen LogP contribution in [0.3, 0.4) is 0 Å². The van der Waals surface area contributed by atoms with Gasteiger partial charge in [0.1, 0.15) is 0 Å². The number of hydrogen-bond acceptors (Lipinski definition) is 4. The lowest BCUT2D eigenvalue weighted by atomic mass is 9.30. The number of rotatable bonds is 10. The Bertz CT molecular complexity index is 9660. The van der Waals surface area contributed by atoms with Gasteiger partial charge in [-0.15, -0.1) is 0 Å². The molecule has 22 aromatic rings. The molecule has 149 heavy (non-hydrogen) atoms. The first kappa shape index (κ1) is 80.0. The fourth-order valence-corrected chi connectivity index (χ4v) is 26.7. The molecular formula is C142H109B2N5. The van der Waals surface area contributed by atoms with Crippen molar-refractivity contribution in [3.8, 4) is 106 Å². The van der Waals surface area contributed by atoms with Crippen LogP contribution in [0, 0.1) is 0 Å². The number of hydrogen-bond donors (Lipinski definition) is 0. The molecule has 2 aliphatic carbocycles. The monoisotopic (exact) mass is 1910 g/mol. The normalized spacial score (nSPS) is 14.9. The molecule has 6 heterocycles. The highest BCUT2D eigenvalue weighted by Gasteiger charge is 2.56. The van der Waals surface area contributed by atoms with Crippen LogP contribution in [0.2, 0.25) is 0 Å². The summed E-state index contributed by atoms with van der Waals surface area (Å²) in [6.45, 7) is 24.8. The Labute approximate surface area is 885 Å². The van der Waals surface area contributed by atoms with Crippen LogP contribution >= 0.6 is 0 Å². The minimum atomic E-state index is -0.941. The number of para-hydroxylation sites is 5. The maximum Gasteiger partial charge on any atom is 0.252 e. The van der Waals surface area contributed by atoms with E-state index < -0.39 is 83.4 Å². The average molecular weight is 1920 g/mol. The molecule has 0 radical (unpaired) electrons. The molecule has 0 fully saturated rings. The Balaban J connectivity index is 0.845. The van der Waals surface area contributed by atoms with Crippen LogP contribution in [0.5, 0.6) is 0 Å². The van der Waals surface area contributed by atoms with Crippen LogP contribution in [-0.2, 0) is 27.1 Å². The Morgan fingerprint density at radius 2 is 0.617 bits per heavy atom. The van der Waals surface area contributed by atoms with E-state index in [4.69, 9.17) is 0 Å². The summed E-state index contributed by atoms with van der Waals surface area (Å²) in [5, 5.41) is -0.0331. The Morgan fingerprint density at radius 3 is 1.09 bits per heavy atom. The molecule has 5 nitrogen and oxygen atoms in total. The minimum Gasteiger partial charge on any atom is -0.311 e. The molecule has 0 saturated carbocycles. The molecule has 29 rings (SSSR count). The molecule has 7 aliphatic rings. The van der Waals surface area contributed by atoms with Crippen LogP contribution in [-0.4, -0.2) is 18.0 Å². The van der Waals surface area contributed by atoms with Gasteiger partial charge in [0.25, 0.3) is 13.4 Å². The second-order valence-corrected chi connectivity index (χ2v) is 45.1. The van der Waals surface area contributed by atoms with E-state index >= 15 is 0 Å². The standard InChI is InChI=1S/C142H109B2N5/c1-138(2,3)95-78-97-80-98(79-95)146-124-87-125-119(86-118(124)143-117-71-39-43-75-123(117)148(129-84-99(83-128(146)134(129)143)145-120-72-40-33-61-106(120)107-62-34-41-73-121(107)145)136-109(90-50-22-14-23-51-90)81-96(139(4,5)6)82-110(136)91-52-24-15-25-53-91)144-116-70-38-42-74-122(116)147(135-101(88-46-18-12-19-47-88)64-45-65-102(135)89-48-20-13-21-49-89)126-76-94(100-63-44-66-108-105-60-32-37-69-114(105)142(131(100)108)112-67-35-30-58-103(112)104-59-31-36-68-113(104)142)77-127(133(126)144)149(125)137-111(92-54-26-16-27-55-92)85-115(140(7,8)9)132(141(97,10)11)130(137)93-56-28-17-29-57-93/h12-87H,1-11H3/i33D,34D,40D,41D,61D,62D,72D,73D. The first-order valence-corrected chi connectivity index (χ1v) is 52.4. The van der Waals surface area contributed by atoms with Gasteiger partial charge in [-0.25, -0.2) is 0 Å². The van der Waals surface area contributed by atoms with E-state index in [9.17, 15) is 11.0 Å². The first-order chi connectivity index (χ1) is 76.0. The summed E-state index contributed by atoms with van der Waals surface area (Å²) in [6.07, 6.45) is 0. The summed E-state index contributed by atoms with van der Waals surface area (Å²) in [5.74, 6) is 0. The van der Waals surface area contributed by atoms with Crippen LogP contribution in [0.1, 0.15) is 137 Å². The van der Waals surface area contributed by atoms with Crippen molar-refractivity contribution in [3.05, 3.63) is 511 Å². The molecule has 1 spiro atoms. The van der Waals surface area contributed by atoms with Gasteiger partial charge in [0.2, 0.25) is 0 Å². The molecule has 21 aromatic carbocycles. The molecule has 7 heteroatoms. The predicted octanol–water partition coefficient (Wildman–Crippen LogP) is 33.5. The fraction of sp³-hybridized carbons (Fsp3) is 0.113. The lowest BCUT2D eigenvalue weighted by molar-refractivity contribution is 0.547. The van der Waals surface area contributed by atoms with Crippen molar-refractivity contribution < 1.29 is 11.0 Å². The maximum atomic E-state index is 10.6. The SMILES string of the molecule is [2H]c1c([2H])c([2H])c2c(c1[2H])c1c([2H])c([2H])c([2H])c([2H])c1n2-c1cc2c3c(c1)N(c1c(-c4ccccc4)cc(C(C)(C)C)cc1-c1ccccc1)c1ccccc1B3c1cc3c4cc1N2c1cc(C(C)(C)C)cc(c1)C(C)(C)c1c(C(C)(C)C)cc(-c2ccccc2)c(c1-c1ccccc1)N4c1cc(-c2cccc4c2C2(c5ccccc5-c5ccccc52)c2ccccc2-4)cc2c1B3c1ccccc1N2c1c(-c2ccccc2)cccc1-c1ccccc1. The van der Waals surface area contributed by atoms with Crippen LogP contribution in [0.4, 0.5) is 68.2 Å². The van der Waals surface area contributed by atoms with Crippen LogP contribution < -0.4 is 52.4 Å².